The maximum absolute atomic E-state index is 12.8. The van der Waals surface area contributed by atoms with Crippen molar-refractivity contribution in [3.8, 4) is 11.4 Å². The molecule has 0 aliphatic rings. The topological polar surface area (TPSA) is 106 Å². The number of nitrogens with one attached hydrogen (secondary N) is 3. The Morgan fingerprint density at radius 3 is 2.49 bits per heavy atom. The van der Waals surface area contributed by atoms with Gasteiger partial charge in [0.25, 0.3) is 5.91 Å². The number of benzene rings is 3. The Morgan fingerprint density at radius 2 is 1.77 bits per heavy atom. The summed E-state index contributed by atoms with van der Waals surface area (Å²) < 4.78 is 7.62. The van der Waals surface area contributed by atoms with Crippen molar-refractivity contribution in [2.75, 3.05) is 10.7 Å². The van der Waals surface area contributed by atoms with Crippen LogP contribution in [-0.2, 0) is 4.79 Å². The molecule has 35 heavy (non-hydrogen) atoms. The lowest BCUT2D eigenvalue weighted by atomic mass is 10.1. The van der Waals surface area contributed by atoms with Crippen molar-refractivity contribution in [2.45, 2.75) is 38.5 Å². The van der Waals surface area contributed by atoms with Crippen LogP contribution in [0.4, 0.5) is 11.4 Å². The third-order valence-corrected chi connectivity index (χ3v) is 5.84. The molecule has 1 heterocycles. The number of carbonyl (C=O) groups is 1. The van der Waals surface area contributed by atoms with E-state index in [-0.39, 0.29) is 5.91 Å². The number of aromatic nitrogens is 4. The Bertz CT molecular complexity index is 1260. The van der Waals surface area contributed by atoms with Gasteiger partial charge in [-0.15, -0.1) is 0 Å². The van der Waals surface area contributed by atoms with E-state index < -0.39 is 6.10 Å². The van der Waals surface area contributed by atoms with Crippen LogP contribution in [0.5, 0.6) is 5.75 Å². The maximum Gasteiger partial charge on any atom is 0.265 e. The van der Waals surface area contributed by atoms with Gasteiger partial charge in [-0.3, -0.25) is 4.79 Å². The van der Waals surface area contributed by atoms with Crippen LogP contribution in [0.3, 0.4) is 0 Å². The molecule has 0 radical (unpaired) electrons. The van der Waals surface area contributed by atoms with E-state index in [2.05, 4.69) is 31.1 Å². The van der Waals surface area contributed by atoms with Crippen LogP contribution < -0.4 is 20.3 Å². The summed E-state index contributed by atoms with van der Waals surface area (Å²) in [6.07, 6.45) is -0.0228. The van der Waals surface area contributed by atoms with Gasteiger partial charge in [0.05, 0.1) is 5.69 Å². The van der Waals surface area contributed by atoms with Gasteiger partial charge in [0.15, 0.2) is 6.10 Å². The number of anilines is 2. The van der Waals surface area contributed by atoms with Crippen LogP contribution in [0, 0.1) is 13.8 Å². The third kappa shape index (κ3) is 6.37. The van der Waals surface area contributed by atoms with Gasteiger partial charge in [0.2, 0.25) is 5.16 Å². The molecule has 1 amide bonds. The molecule has 180 valence electrons. The molecule has 1 unspecified atom stereocenters. The molecule has 0 aliphatic heterocycles. The molecule has 0 bridgehead atoms. The number of carbonyl (C=O) groups excluding carboxylic acids is 1. The van der Waals surface area contributed by atoms with Gasteiger partial charge in [-0.25, -0.2) is 0 Å². The van der Waals surface area contributed by atoms with Crippen molar-refractivity contribution in [3.63, 3.8) is 0 Å². The highest BCUT2D eigenvalue weighted by atomic mass is 32.2. The summed E-state index contributed by atoms with van der Waals surface area (Å²) in [4.78, 5) is 15.8. The highest BCUT2D eigenvalue weighted by molar-refractivity contribution is 7.97. The number of nitrogens with zero attached hydrogens (tertiary/aromatic N) is 4. The van der Waals surface area contributed by atoms with Crippen molar-refractivity contribution in [3.05, 3.63) is 83.9 Å². The zero-order chi connectivity index (χ0) is 24.6. The first-order valence-electron chi connectivity index (χ1n) is 11.2. The second-order valence-corrected chi connectivity index (χ2v) is 8.66. The number of hydrogen-bond acceptors (Lipinski definition) is 8. The molecule has 0 spiro atoms. The molecule has 4 rings (SSSR count). The molecule has 3 N–H and O–H groups in total. The first kappa shape index (κ1) is 24.2. The van der Waals surface area contributed by atoms with Crippen LogP contribution in [0.25, 0.3) is 5.69 Å². The molecule has 0 fully saturated rings. The van der Waals surface area contributed by atoms with E-state index in [4.69, 9.17) is 4.74 Å². The maximum atomic E-state index is 12.8. The number of ether oxygens (including phenoxy) is 1. The number of aryl methyl sites for hydroxylation is 2. The van der Waals surface area contributed by atoms with Crippen LogP contribution >= 0.6 is 11.9 Å². The first-order chi connectivity index (χ1) is 17.0. The molecule has 10 heteroatoms. The van der Waals surface area contributed by atoms with E-state index >= 15 is 0 Å². The fourth-order valence-corrected chi connectivity index (χ4v) is 3.94. The SMILES string of the molecule is CCC(Oc1ccc(C)cc1C)C(=O)Nc1ccc(NNSc2nnnn2-c2ccccc2)cc1. The normalized spacial score (nSPS) is 11.6. The van der Waals surface area contributed by atoms with Gasteiger partial charge in [-0.1, -0.05) is 47.9 Å². The standard InChI is InChI=1S/C25H27N7O2S/c1-4-22(34-23-15-10-17(2)16-18(23)3)24(33)26-19-11-13-20(14-12-19)27-31-35-25-28-29-30-32(25)21-8-6-5-7-9-21/h5-16,22,27,31H,4H2,1-3H3,(H,26,33). The molecule has 0 saturated heterocycles. The van der Waals surface area contributed by atoms with Gasteiger partial charge < -0.3 is 15.5 Å². The molecule has 9 nitrogen and oxygen atoms in total. The largest absolute Gasteiger partial charge is 0.480 e. The number of amides is 1. The summed E-state index contributed by atoms with van der Waals surface area (Å²) in [5, 5.41) is 15.3. The van der Waals surface area contributed by atoms with E-state index in [1.165, 1.54) is 11.9 Å². The number of rotatable bonds is 10. The van der Waals surface area contributed by atoms with Crippen molar-refractivity contribution in [2.24, 2.45) is 0 Å². The number of hydrazine groups is 1. The number of para-hydroxylation sites is 1. The van der Waals surface area contributed by atoms with E-state index in [1.807, 2.05) is 93.6 Å². The number of tetrazole rings is 1. The molecular formula is C25H27N7O2S. The van der Waals surface area contributed by atoms with Crippen LogP contribution in [0.2, 0.25) is 0 Å². The molecule has 0 saturated carbocycles. The first-order valence-corrected chi connectivity index (χ1v) is 12.0. The summed E-state index contributed by atoms with van der Waals surface area (Å²) in [5.41, 5.74) is 7.62. The van der Waals surface area contributed by atoms with Gasteiger partial charge >= 0.3 is 0 Å². The predicted octanol–water partition coefficient (Wildman–Crippen LogP) is 4.70. The summed E-state index contributed by atoms with van der Waals surface area (Å²) in [7, 11) is 0. The van der Waals surface area contributed by atoms with Crippen molar-refractivity contribution >= 4 is 29.2 Å². The molecule has 4 aromatic rings. The fourth-order valence-electron chi connectivity index (χ4n) is 3.37. The zero-order valence-corrected chi connectivity index (χ0v) is 20.5. The third-order valence-electron chi connectivity index (χ3n) is 5.19. The van der Waals surface area contributed by atoms with Crippen molar-refractivity contribution in [1.29, 1.82) is 0 Å². The lowest BCUT2D eigenvalue weighted by molar-refractivity contribution is -0.122. The minimum Gasteiger partial charge on any atom is -0.480 e. The van der Waals surface area contributed by atoms with Gasteiger partial charge in [-0.05, 0) is 78.7 Å². The summed E-state index contributed by atoms with van der Waals surface area (Å²) >= 11 is 1.25. The lowest BCUT2D eigenvalue weighted by Gasteiger charge is -2.19. The summed E-state index contributed by atoms with van der Waals surface area (Å²) in [6.45, 7) is 5.94. The molecule has 0 aliphatic carbocycles. The quantitative estimate of drug-likeness (QED) is 0.217. The Labute approximate surface area is 208 Å². The lowest BCUT2D eigenvalue weighted by Crippen LogP contribution is -2.32. The Hall–Kier alpha value is -3.89. The predicted molar refractivity (Wildman–Crippen MR) is 137 cm³/mol. The summed E-state index contributed by atoms with van der Waals surface area (Å²) in [6, 6.07) is 22.9. The Balaban J connectivity index is 1.29. The van der Waals surface area contributed by atoms with Gasteiger partial charge in [-0.2, -0.15) is 9.51 Å². The van der Waals surface area contributed by atoms with Crippen molar-refractivity contribution in [1.82, 2.24) is 25.0 Å². The Kier molecular flexibility index (Phi) is 7.96. The highest BCUT2D eigenvalue weighted by Crippen LogP contribution is 2.22. The molecule has 1 atom stereocenters. The van der Waals surface area contributed by atoms with E-state index in [0.717, 1.165) is 28.3 Å². The molecule has 1 aromatic heterocycles. The average Bonchev–Trinajstić information content (AvgIpc) is 3.34. The van der Waals surface area contributed by atoms with E-state index in [0.29, 0.717) is 17.3 Å². The van der Waals surface area contributed by atoms with Crippen molar-refractivity contribution < 1.29 is 9.53 Å². The highest BCUT2D eigenvalue weighted by Gasteiger charge is 2.19. The fraction of sp³-hybridized carbons (Fsp3) is 0.200. The van der Waals surface area contributed by atoms with E-state index in [1.54, 1.807) is 4.68 Å². The molecule has 3 aromatic carbocycles. The minimum atomic E-state index is -0.581. The van der Waals surface area contributed by atoms with E-state index in [9.17, 15) is 4.79 Å². The minimum absolute atomic E-state index is 0.186. The smallest absolute Gasteiger partial charge is 0.265 e. The number of hydrogen-bond donors (Lipinski definition) is 3. The second-order valence-electron chi connectivity index (χ2n) is 7.89. The molecular weight excluding hydrogens is 462 g/mol. The van der Waals surface area contributed by atoms with Crippen LogP contribution in [0.15, 0.2) is 78.0 Å². The van der Waals surface area contributed by atoms with Gasteiger partial charge in [0.1, 0.15) is 5.75 Å². The Morgan fingerprint density at radius 1 is 1.03 bits per heavy atom. The summed E-state index contributed by atoms with van der Waals surface area (Å²) in [5.74, 6) is 0.536. The van der Waals surface area contributed by atoms with Crippen LogP contribution in [0.1, 0.15) is 24.5 Å². The zero-order valence-electron chi connectivity index (χ0n) is 19.7. The average molecular weight is 490 g/mol. The second kappa shape index (κ2) is 11.5. The van der Waals surface area contributed by atoms with Crippen LogP contribution in [-0.4, -0.2) is 32.2 Å². The monoisotopic (exact) mass is 489 g/mol. The van der Waals surface area contributed by atoms with Gasteiger partial charge in [0, 0.05) is 23.3 Å².